The lowest BCUT2D eigenvalue weighted by Crippen LogP contribution is -2.19. The summed E-state index contributed by atoms with van der Waals surface area (Å²) < 4.78 is 6.75. The Morgan fingerprint density at radius 1 is 1.38 bits per heavy atom. The van der Waals surface area contributed by atoms with Crippen LogP contribution in [-0.4, -0.2) is 14.5 Å². The molecule has 0 aliphatic carbocycles. The van der Waals surface area contributed by atoms with E-state index in [-0.39, 0.29) is 17.8 Å². The first-order valence-electron chi connectivity index (χ1n) is 5.97. The molecule has 0 unspecified atom stereocenters. The van der Waals surface area contributed by atoms with Crippen molar-refractivity contribution in [3.05, 3.63) is 68.4 Å². The number of hydrogen-bond acceptors (Lipinski definition) is 6. The Balaban J connectivity index is 1.89. The van der Waals surface area contributed by atoms with Crippen LogP contribution in [0.25, 0.3) is 10.6 Å². The van der Waals surface area contributed by atoms with E-state index in [1.165, 1.54) is 28.2 Å². The highest BCUT2D eigenvalue weighted by molar-refractivity contribution is 7.13. The van der Waals surface area contributed by atoms with E-state index in [1.807, 2.05) is 17.5 Å². The quantitative estimate of drug-likeness (QED) is 0.545. The first-order chi connectivity index (χ1) is 10.1. The molecule has 7 nitrogen and oxygen atoms in total. The van der Waals surface area contributed by atoms with E-state index in [0.29, 0.717) is 11.7 Å². The third kappa shape index (κ3) is 2.75. The van der Waals surface area contributed by atoms with E-state index in [9.17, 15) is 14.9 Å². The zero-order valence-electron chi connectivity index (χ0n) is 10.6. The smallest absolute Gasteiger partial charge is 0.285 e. The molecule has 0 radical (unpaired) electrons. The minimum Gasteiger partial charge on any atom is -0.438 e. The number of nitrogens with zero attached hydrogens (tertiary/aromatic N) is 3. The summed E-state index contributed by atoms with van der Waals surface area (Å²) in [6.45, 7) is 0.0475. The molecule has 3 aromatic rings. The second kappa shape index (κ2) is 5.33. The van der Waals surface area contributed by atoms with Crippen molar-refractivity contribution in [2.24, 2.45) is 0 Å². The van der Waals surface area contributed by atoms with Crippen LogP contribution >= 0.6 is 11.3 Å². The highest BCUT2D eigenvalue weighted by atomic mass is 32.1. The van der Waals surface area contributed by atoms with Crippen molar-refractivity contribution < 1.29 is 9.34 Å². The second-order valence-corrected chi connectivity index (χ2v) is 5.15. The number of aromatic nitrogens is 2. The number of rotatable bonds is 4. The molecule has 0 fully saturated rings. The molecule has 3 aromatic heterocycles. The van der Waals surface area contributed by atoms with Crippen molar-refractivity contribution in [3.63, 3.8) is 0 Å². The van der Waals surface area contributed by atoms with Crippen LogP contribution in [-0.2, 0) is 6.54 Å². The Labute approximate surface area is 122 Å². The van der Waals surface area contributed by atoms with Crippen LogP contribution in [0.2, 0.25) is 0 Å². The fourth-order valence-electron chi connectivity index (χ4n) is 1.81. The average Bonchev–Trinajstić information content (AvgIpc) is 3.11. The third-order valence-electron chi connectivity index (χ3n) is 2.80. The fraction of sp³-hybridized carbons (Fsp3) is 0.0769. The number of pyridine rings is 1. The number of hydrogen-bond donors (Lipinski definition) is 0. The van der Waals surface area contributed by atoms with E-state index >= 15 is 0 Å². The lowest BCUT2D eigenvalue weighted by atomic mass is 10.4. The van der Waals surface area contributed by atoms with Gasteiger partial charge in [0.15, 0.2) is 5.76 Å². The van der Waals surface area contributed by atoms with Crippen molar-refractivity contribution in [1.82, 2.24) is 9.55 Å². The number of nitro groups is 1. The first kappa shape index (κ1) is 13.3. The fourth-order valence-corrected chi connectivity index (χ4v) is 2.48. The maximum absolute atomic E-state index is 11.7. The zero-order valence-corrected chi connectivity index (χ0v) is 11.4. The number of thiophene rings is 1. The van der Waals surface area contributed by atoms with E-state index < -0.39 is 4.92 Å². The predicted molar refractivity (Wildman–Crippen MR) is 76.3 cm³/mol. The molecule has 3 heterocycles. The van der Waals surface area contributed by atoms with Crippen LogP contribution in [0.1, 0.15) is 5.89 Å². The largest absolute Gasteiger partial charge is 0.438 e. The van der Waals surface area contributed by atoms with Gasteiger partial charge in [0.1, 0.15) is 6.54 Å². The van der Waals surface area contributed by atoms with Crippen LogP contribution in [0.5, 0.6) is 0 Å². The minimum absolute atomic E-state index is 0.0475. The Bertz CT molecular complexity index is 835. The molecule has 21 heavy (non-hydrogen) atoms. The zero-order chi connectivity index (χ0) is 14.8. The first-order valence-corrected chi connectivity index (χ1v) is 6.85. The second-order valence-electron chi connectivity index (χ2n) is 4.21. The summed E-state index contributed by atoms with van der Waals surface area (Å²) in [5, 5.41) is 12.6. The van der Waals surface area contributed by atoms with Gasteiger partial charge in [-0.05, 0) is 11.4 Å². The molecule has 0 saturated heterocycles. The van der Waals surface area contributed by atoms with Gasteiger partial charge in [-0.2, -0.15) is 0 Å². The summed E-state index contributed by atoms with van der Waals surface area (Å²) in [5.74, 6) is 0.930. The lowest BCUT2D eigenvalue weighted by Gasteiger charge is -2.01. The van der Waals surface area contributed by atoms with Crippen molar-refractivity contribution >= 4 is 17.0 Å². The van der Waals surface area contributed by atoms with Crippen LogP contribution in [0.4, 0.5) is 5.69 Å². The topological polar surface area (TPSA) is 91.2 Å². The molecule has 0 bridgehead atoms. The Morgan fingerprint density at radius 3 is 2.95 bits per heavy atom. The average molecular weight is 303 g/mol. The van der Waals surface area contributed by atoms with Gasteiger partial charge >= 0.3 is 0 Å². The Hall–Kier alpha value is -2.74. The van der Waals surface area contributed by atoms with Gasteiger partial charge in [0.05, 0.1) is 22.2 Å². The standard InChI is InChI=1S/C13H9N3O4S/c17-13-4-3-9(16(18)19)7-15(13)8-12-14-6-10(20-12)11-2-1-5-21-11/h1-7H,8H2. The number of oxazole rings is 1. The van der Waals surface area contributed by atoms with Crippen molar-refractivity contribution in [2.45, 2.75) is 6.54 Å². The molecular weight excluding hydrogens is 294 g/mol. The van der Waals surface area contributed by atoms with E-state index in [0.717, 1.165) is 10.9 Å². The Kier molecular flexibility index (Phi) is 3.36. The van der Waals surface area contributed by atoms with Crippen molar-refractivity contribution in [3.8, 4) is 10.6 Å². The van der Waals surface area contributed by atoms with Crippen LogP contribution < -0.4 is 5.56 Å². The van der Waals surface area contributed by atoms with Crippen LogP contribution in [0, 0.1) is 10.1 Å². The van der Waals surface area contributed by atoms with Gasteiger partial charge in [-0.25, -0.2) is 4.98 Å². The molecule has 0 aliphatic rings. The molecule has 0 N–H and O–H groups in total. The highest BCUT2D eigenvalue weighted by Gasteiger charge is 2.11. The molecule has 3 rings (SSSR count). The molecule has 0 aliphatic heterocycles. The molecule has 0 saturated carbocycles. The van der Waals surface area contributed by atoms with E-state index in [1.54, 1.807) is 6.20 Å². The van der Waals surface area contributed by atoms with Crippen molar-refractivity contribution in [2.75, 3.05) is 0 Å². The lowest BCUT2D eigenvalue weighted by molar-refractivity contribution is -0.385. The van der Waals surface area contributed by atoms with Gasteiger partial charge < -0.3 is 4.42 Å². The third-order valence-corrected chi connectivity index (χ3v) is 3.69. The maximum Gasteiger partial charge on any atom is 0.285 e. The molecular formula is C13H9N3O4S. The monoisotopic (exact) mass is 303 g/mol. The Morgan fingerprint density at radius 2 is 2.24 bits per heavy atom. The normalized spacial score (nSPS) is 10.7. The SMILES string of the molecule is O=c1ccc([N+](=O)[O-])cn1Cc1ncc(-c2cccs2)o1. The summed E-state index contributed by atoms with van der Waals surface area (Å²) in [4.78, 5) is 26.9. The molecule has 0 spiro atoms. The van der Waals surface area contributed by atoms with Gasteiger partial charge in [-0.3, -0.25) is 19.5 Å². The minimum atomic E-state index is -0.553. The van der Waals surface area contributed by atoms with Gasteiger partial charge in [-0.1, -0.05) is 6.07 Å². The van der Waals surface area contributed by atoms with E-state index in [4.69, 9.17) is 4.42 Å². The maximum atomic E-state index is 11.7. The summed E-state index contributed by atoms with van der Waals surface area (Å²) in [5.41, 5.74) is -0.504. The summed E-state index contributed by atoms with van der Waals surface area (Å²) in [6.07, 6.45) is 2.75. The van der Waals surface area contributed by atoms with Crippen molar-refractivity contribution in [1.29, 1.82) is 0 Å². The van der Waals surface area contributed by atoms with Gasteiger partial charge in [0.2, 0.25) is 5.89 Å². The molecule has 0 amide bonds. The van der Waals surface area contributed by atoms with Crippen LogP contribution in [0.3, 0.4) is 0 Å². The van der Waals surface area contributed by atoms with Gasteiger partial charge in [0.25, 0.3) is 11.2 Å². The molecule has 0 aromatic carbocycles. The summed E-state index contributed by atoms with van der Waals surface area (Å²) in [7, 11) is 0. The van der Waals surface area contributed by atoms with Gasteiger partial charge in [0, 0.05) is 12.1 Å². The van der Waals surface area contributed by atoms with E-state index in [2.05, 4.69) is 4.98 Å². The molecule has 8 heteroatoms. The highest BCUT2D eigenvalue weighted by Crippen LogP contribution is 2.25. The summed E-state index contributed by atoms with van der Waals surface area (Å²) in [6, 6.07) is 6.12. The van der Waals surface area contributed by atoms with Crippen LogP contribution in [0.15, 0.2) is 51.3 Å². The molecule has 0 atom stereocenters. The molecule has 106 valence electrons. The summed E-state index contributed by atoms with van der Waals surface area (Å²) >= 11 is 1.51. The van der Waals surface area contributed by atoms with Gasteiger partial charge in [-0.15, -0.1) is 11.3 Å². The predicted octanol–water partition coefficient (Wildman–Crippen LogP) is 2.52.